The third kappa shape index (κ3) is 2.65. The van der Waals surface area contributed by atoms with Crippen LogP contribution in [0.15, 0.2) is 24.4 Å². The summed E-state index contributed by atoms with van der Waals surface area (Å²) in [6.45, 7) is -0.0411. The molecule has 1 aliphatic heterocycles. The van der Waals surface area contributed by atoms with E-state index in [0.717, 1.165) is 0 Å². The van der Waals surface area contributed by atoms with Crippen molar-refractivity contribution in [2.24, 2.45) is 5.92 Å². The first-order valence-electron chi connectivity index (χ1n) is 6.86. The molecular formula is C14H13ClF3N3O. The van der Waals surface area contributed by atoms with E-state index in [9.17, 15) is 18.0 Å². The highest BCUT2D eigenvalue weighted by Crippen LogP contribution is 2.34. The van der Waals surface area contributed by atoms with Crippen LogP contribution in [0.3, 0.4) is 0 Å². The molecule has 118 valence electrons. The maximum atomic E-state index is 12.9. The number of rotatable bonds is 1. The number of hydrogen-bond acceptors (Lipinski definition) is 2. The van der Waals surface area contributed by atoms with Gasteiger partial charge in [0.05, 0.1) is 5.92 Å². The first-order chi connectivity index (χ1) is 10.4. The van der Waals surface area contributed by atoms with E-state index in [2.05, 4.69) is 4.98 Å². The molecule has 1 fully saturated rings. The van der Waals surface area contributed by atoms with E-state index in [1.165, 1.54) is 9.30 Å². The van der Waals surface area contributed by atoms with Crippen molar-refractivity contribution in [3.63, 3.8) is 0 Å². The molecule has 22 heavy (non-hydrogen) atoms. The number of carbonyl (C=O) groups is 1. The maximum Gasteiger partial charge on any atom is 0.393 e. The second kappa shape index (κ2) is 5.46. The highest BCUT2D eigenvalue weighted by atomic mass is 35.5. The van der Waals surface area contributed by atoms with Gasteiger partial charge in [0, 0.05) is 19.3 Å². The first kappa shape index (κ1) is 15.1. The van der Waals surface area contributed by atoms with Gasteiger partial charge in [0.1, 0.15) is 5.65 Å². The largest absolute Gasteiger partial charge is 0.393 e. The smallest absolute Gasteiger partial charge is 0.337 e. The minimum absolute atomic E-state index is 0.00494. The Bertz CT molecular complexity index is 713. The van der Waals surface area contributed by atoms with Crippen molar-refractivity contribution in [1.29, 1.82) is 0 Å². The fourth-order valence-electron chi connectivity index (χ4n) is 2.74. The lowest BCUT2D eigenvalue weighted by Crippen LogP contribution is -2.45. The molecule has 1 amide bonds. The van der Waals surface area contributed by atoms with Crippen LogP contribution in [0, 0.1) is 5.92 Å². The molecule has 8 heteroatoms. The number of fused-ring (bicyclic) bond motifs is 1. The predicted molar refractivity (Wildman–Crippen MR) is 74.9 cm³/mol. The number of imidazole rings is 1. The quantitative estimate of drug-likeness (QED) is 0.803. The Morgan fingerprint density at radius 2 is 2.14 bits per heavy atom. The minimum atomic E-state index is -4.29. The molecule has 0 radical (unpaired) electrons. The molecule has 1 aliphatic rings. The first-order valence-corrected chi connectivity index (χ1v) is 7.24. The number of hydrogen-bond donors (Lipinski definition) is 0. The molecule has 2 aromatic heterocycles. The molecule has 1 atom stereocenters. The van der Waals surface area contributed by atoms with Gasteiger partial charge in [-0.25, -0.2) is 4.98 Å². The molecule has 4 nitrogen and oxygen atoms in total. The van der Waals surface area contributed by atoms with Crippen LogP contribution in [-0.4, -0.2) is 39.5 Å². The van der Waals surface area contributed by atoms with Gasteiger partial charge in [-0.15, -0.1) is 0 Å². The normalized spacial score (nSPS) is 19.6. The number of halogens is 4. The van der Waals surface area contributed by atoms with E-state index in [0.29, 0.717) is 18.6 Å². The van der Waals surface area contributed by atoms with E-state index in [1.807, 2.05) is 0 Å². The van der Waals surface area contributed by atoms with Gasteiger partial charge >= 0.3 is 6.18 Å². The third-order valence-electron chi connectivity index (χ3n) is 3.86. The molecular weight excluding hydrogens is 319 g/mol. The van der Waals surface area contributed by atoms with Crippen molar-refractivity contribution < 1.29 is 18.0 Å². The summed E-state index contributed by atoms with van der Waals surface area (Å²) in [4.78, 5) is 17.8. The zero-order chi connectivity index (χ0) is 15.9. The van der Waals surface area contributed by atoms with Crippen molar-refractivity contribution in [1.82, 2.24) is 14.3 Å². The molecule has 0 aromatic carbocycles. The van der Waals surface area contributed by atoms with Crippen LogP contribution in [0.2, 0.25) is 5.15 Å². The summed E-state index contributed by atoms with van der Waals surface area (Å²) in [5, 5.41) is 0.00494. The molecule has 0 aliphatic carbocycles. The fourth-order valence-corrected chi connectivity index (χ4v) is 3.00. The summed E-state index contributed by atoms with van der Waals surface area (Å²) < 4.78 is 40.1. The fraction of sp³-hybridized carbons (Fsp3) is 0.429. The lowest BCUT2D eigenvalue weighted by Gasteiger charge is -2.33. The summed E-state index contributed by atoms with van der Waals surface area (Å²) >= 11 is 6.01. The average molecular weight is 332 g/mol. The average Bonchev–Trinajstić information content (AvgIpc) is 2.81. The molecule has 0 bridgehead atoms. The van der Waals surface area contributed by atoms with Gasteiger partial charge in [0.2, 0.25) is 0 Å². The number of aromatic nitrogens is 2. The van der Waals surface area contributed by atoms with Gasteiger partial charge in [-0.2, -0.15) is 13.2 Å². The number of alkyl halides is 3. The Balaban J connectivity index is 1.91. The van der Waals surface area contributed by atoms with Crippen molar-refractivity contribution in [2.75, 3.05) is 13.1 Å². The van der Waals surface area contributed by atoms with Crippen LogP contribution in [0.25, 0.3) is 5.65 Å². The number of piperidine rings is 1. The molecule has 1 saturated heterocycles. The van der Waals surface area contributed by atoms with Crippen molar-refractivity contribution in [2.45, 2.75) is 19.0 Å². The highest BCUT2D eigenvalue weighted by molar-refractivity contribution is 6.32. The van der Waals surface area contributed by atoms with Crippen molar-refractivity contribution in [3.8, 4) is 0 Å². The highest BCUT2D eigenvalue weighted by Gasteiger charge is 2.43. The summed E-state index contributed by atoms with van der Waals surface area (Å²) in [6.07, 6.45) is -2.30. The second-order valence-corrected chi connectivity index (χ2v) is 5.67. The lowest BCUT2D eigenvalue weighted by atomic mass is 9.97. The van der Waals surface area contributed by atoms with E-state index in [1.54, 1.807) is 24.4 Å². The number of likely N-dealkylation sites (tertiary alicyclic amines) is 1. The van der Waals surface area contributed by atoms with Crippen LogP contribution >= 0.6 is 11.6 Å². The van der Waals surface area contributed by atoms with E-state index in [-0.39, 0.29) is 23.8 Å². The molecule has 0 N–H and O–H groups in total. The van der Waals surface area contributed by atoms with E-state index < -0.39 is 18.0 Å². The Labute approximate surface area is 129 Å². The number of pyridine rings is 1. The molecule has 2 aromatic rings. The third-order valence-corrected chi connectivity index (χ3v) is 4.12. The number of nitrogens with zero attached hydrogens (tertiary/aromatic N) is 3. The number of amides is 1. The van der Waals surface area contributed by atoms with Crippen LogP contribution < -0.4 is 0 Å². The SMILES string of the molecule is O=C(c1c(Cl)nc2ccccn12)N1CCC[C@@H](C(F)(F)F)C1. The van der Waals surface area contributed by atoms with Gasteiger partial charge < -0.3 is 4.90 Å². The predicted octanol–water partition coefficient (Wildman–Crippen LogP) is 3.40. The molecule has 3 heterocycles. The summed E-state index contributed by atoms with van der Waals surface area (Å²) in [6, 6.07) is 5.13. The van der Waals surface area contributed by atoms with Crippen LogP contribution in [-0.2, 0) is 0 Å². The zero-order valence-corrected chi connectivity index (χ0v) is 12.2. The van der Waals surface area contributed by atoms with Crippen molar-refractivity contribution >= 4 is 23.2 Å². The molecule has 3 rings (SSSR count). The van der Waals surface area contributed by atoms with Crippen LogP contribution in [0.4, 0.5) is 13.2 Å². The molecule has 0 spiro atoms. The van der Waals surface area contributed by atoms with Gasteiger partial charge in [0.15, 0.2) is 10.8 Å². The van der Waals surface area contributed by atoms with Crippen LogP contribution in [0.1, 0.15) is 23.3 Å². The van der Waals surface area contributed by atoms with Gasteiger partial charge in [-0.3, -0.25) is 9.20 Å². The molecule has 0 saturated carbocycles. The minimum Gasteiger partial charge on any atom is -0.337 e. The number of carbonyl (C=O) groups excluding carboxylic acids is 1. The summed E-state index contributed by atoms with van der Waals surface area (Å²) in [7, 11) is 0. The topological polar surface area (TPSA) is 37.6 Å². The Morgan fingerprint density at radius 1 is 1.36 bits per heavy atom. The van der Waals surface area contributed by atoms with Gasteiger partial charge in [0.25, 0.3) is 5.91 Å². The van der Waals surface area contributed by atoms with Crippen LogP contribution in [0.5, 0.6) is 0 Å². The lowest BCUT2D eigenvalue weighted by molar-refractivity contribution is -0.184. The van der Waals surface area contributed by atoms with Gasteiger partial charge in [-0.05, 0) is 25.0 Å². The summed E-state index contributed by atoms with van der Waals surface area (Å²) in [5.74, 6) is -2.00. The maximum absolute atomic E-state index is 12.9. The Hall–Kier alpha value is -1.76. The second-order valence-electron chi connectivity index (χ2n) is 5.31. The zero-order valence-electron chi connectivity index (χ0n) is 11.5. The Kier molecular flexibility index (Phi) is 3.76. The molecule has 0 unspecified atom stereocenters. The van der Waals surface area contributed by atoms with Crippen molar-refractivity contribution in [3.05, 3.63) is 35.2 Å². The standard InChI is InChI=1S/C14H13ClF3N3O/c15-12-11(21-7-2-1-5-10(21)19-12)13(22)20-6-3-4-9(8-20)14(16,17)18/h1-2,5,7,9H,3-4,6,8H2/t9-/m1/s1. The van der Waals surface area contributed by atoms with Gasteiger partial charge in [-0.1, -0.05) is 17.7 Å². The van der Waals surface area contributed by atoms with E-state index >= 15 is 0 Å². The monoisotopic (exact) mass is 331 g/mol. The summed E-state index contributed by atoms with van der Waals surface area (Å²) in [5.41, 5.74) is 0.598. The van der Waals surface area contributed by atoms with E-state index in [4.69, 9.17) is 11.6 Å². The Morgan fingerprint density at radius 3 is 2.86 bits per heavy atom.